The van der Waals surface area contributed by atoms with Gasteiger partial charge in [-0.05, 0) is 6.92 Å². The predicted octanol–water partition coefficient (Wildman–Crippen LogP) is 2.46. The molecule has 0 bridgehead atoms. The minimum Gasteiger partial charge on any atom is -0.495 e. The maximum atomic E-state index is 12.0. The highest BCUT2D eigenvalue weighted by Gasteiger charge is 2.19. The number of methoxy groups -OCH3 is 2. The summed E-state index contributed by atoms with van der Waals surface area (Å²) < 4.78 is 15.2. The lowest BCUT2D eigenvalue weighted by Gasteiger charge is -2.24. The minimum atomic E-state index is -0.531. The SMILES string of the molecule is CCOC(=O)NCCN(C(C)=O)c1cc(OC)c(Cl)cc1OC. The van der Waals surface area contributed by atoms with E-state index in [0.29, 0.717) is 22.2 Å². The van der Waals surface area contributed by atoms with Gasteiger partial charge in [0.1, 0.15) is 11.5 Å². The van der Waals surface area contributed by atoms with Crippen LogP contribution in [-0.2, 0) is 9.53 Å². The van der Waals surface area contributed by atoms with Crippen molar-refractivity contribution < 1.29 is 23.8 Å². The first kappa shape index (κ1) is 18.9. The Morgan fingerprint density at radius 3 is 2.39 bits per heavy atom. The lowest BCUT2D eigenvalue weighted by atomic mass is 10.2. The van der Waals surface area contributed by atoms with Crippen molar-refractivity contribution >= 4 is 29.3 Å². The van der Waals surface area contributed by atoms with Gasteiger partial charge in [0.15, 0.2) is 0 Å². The molecular weight excluding hydrogens is 324 g/mol. The lowest BCUT2D eigenvalue weighted by Crippen LogP contribution is -2.38. The third kappa shape index (κ3) is 5.21. The Kier molecular flexibility index (Phi) is 7.47. The van der Waals surface area contributed by atoms with Crippen LogP contribution < -0.4 is 19.7 Å². The number of rotatable bonds is 7. The molecule has 7 nitrogen and oxygen atoms in total. The fourth-order valence-electron chi connectivity index (χ4n) is 1.95. The number of halogens is 1. The van der Waals surface area contributed by atoms with Gasteiger partial charge in [0, 0.05) is 32.1 Å². The van der Waals surface area contributed by atoms with E-state index in [1.165, 1.54) is 26.0 Å². The molecule has 1 aromatic rings. The summed E-state index contributed by atoms with van der Waals surface area (Å²) in [6.07, 6.45) is -0.531. The molecule has 0 saturated heterocycles. The van der Waals surface area contributed by atoms with E-state index in [2.05, 4.69) is 5.32 Å². The smallest absolute Gasteiger partial charge is 0.407 e. The van der Waals surface area contributed by atoms with Gasteiger partial charge in [0.05, 0.1) is 31.5 Å². The molecular formula is C15H21ClN2O5. The highest BCUT2D eigenvalue weighted by molar-refractivity contribution is 6.32. The number of carbonyl (C=O) groups excluding carboxylic acids is 2. The number of amides is 2. The maximum absolute atomic E-state index is 12.0. The summed E-state index contributed by atoms with van der Waals surface area (Å²) in [6, 6.07) is 3.19. The van der Waals surface area contributed by atoms with Crippen LogP contribution in [0.1, 0.15) is 13.8 Å². The van der Waals surface area contributed by atoms with Crippen molar-refractivity contribution in [3.05, 3.63) is 17.2 Å². The van der Waals surface area contributed by atoms with Gasteiger partial charge in [-0.15, -0.1) is 0 Å². The molecule has 1 aromatic carbocycles. The number of nitrogens with zero attached hydrogens (tertiary/aromatic N) is 1. The molecule has 0 spiro atoms. The highest BCUT2D eigenvalue weighted by atomic mass is 35.5. The zero-order chi connectivity index (χ0) is 17.4. The van der Waals surface area contributed by atoms with E-state index in [4.69, 9.17) is 25.8 Å². The molecule has 1 rings (SSSR count). The van der Waals surface area contributed by atoms with Crippen LogP contribution in [0.4, 0.5) is 10.5 Å². The second-order valence-corrected chi connectivity index (χ2v) is 4.88. The molecule has 0 radical (unpaired) electrons. The molecule has 0 aliphatic rings. The number of benzene rings is 1. The third-order valence-electron chi connectivity index (χ3n) is 3.00. The van der Waals surface area contributed by atoms with Crippen molar-refractivity contribution in [2.24, 2.45) is 0 Å². The first-order chi connectivity index (χ1) is 10.9. The van der Waals surface area contributed by atoms with E-state index in [1.54, 1.807) is 19.1 Å². The van der Waals surface area contributed by atoms with Gasteiger partial charge in [-0.1, -0.05) is 11.6 Å². The molecule has 8 heteroatoms. The average molecular weight is 345 g/mol. The van der Waals surface area contributed by atoms with Gasteiger partial charge in [0.2, 0.25) is 5.91 Å². The van der Waals surface area contributed by atoms with Gasteiger partial charge < -0.3 is 24.4 Å². The minimum absolute atomic E-state index is 0.210. The summed E-state index contributed by atoms with van der Waals surface area (Å²) in [5.74, 6) is 0.646. The molecule has 2 amide bonds. The molecule has 23 heavy (non-hydrogen) atoms. The van der Waals surface area contributed by atoms with Gasteiger partial charge in [-0.25, -0.2) is 4.79 Å². The largest absolute Gasteiger partial charge is 0.495 e. The lowest BCUT2D eigenvalue weighted by molar-refractivity contribution is -0.116. The number of anilines is 1. The molecule has 0 heterocycles. The Morgan fingerprint density at radius 2 is 1.87 bits per heavy atom. The number of ether oxygens (including phenoxy) is 3. The van der Waals surface area contributed by atoms with E-state index >= 15 is 0 Å². The van der Waals surface area contributed by atoms with Crippen LogP contribution in [0.2, 0.25) is 5.02 Å². The van der Waals surface area contributed by atoms with Gasteiger partial charge >= 0.3 is 6.09 Å². The Balaban J connectivity index is 2.96. The summed E-state index contributed by atoms with van der Waals surface area (Å²) in [4.78, 5) is 24.7. The van der Waals surface area contributed by atoms with Gasteiger partial charge in [-0.3, -0.25) is 4.79 Å². The molecule has 0 aliphatic heterocycles. The Hall–Kier alpha value is -2.15. The summed E-state index contributed by atoms with van der Waals surface area (Å²) >= 11 is 6.06. The molecule has 0 fully saturated rings. The summed E-state index contributed by atoms with van der Waals surface area (Å²) in [5, 5.41) is 2.94. The molecule has 0 aliphatic carbocycles. The van der Waals surface area contributed by atoms with Crippen molar-refractivity contribution in [3.63, 3.8) is 0 Å². The Bertz CT molecular complexity index is 565. The highest BCUT2D eigenvalue weighted by Crippen LogP contribution is 2.38. The second-order valence-electron chi connectivity index (χ2n) is 4.48. The average Bonchev–Trinajstić information content (AvgIpc) is 2.51. The molecule has 0 atom stereocenters. The second kappa shape index (κ2) is 9.09. The zero-order valence-electron chi connectivity index (χ0n) is 13.6. The molecule has 1 N–H and O–H groups in total. The number of hydrogen-bond donors (Lipinski definition) is 1. The van der Waals surface area contributed by atoms with E-state index in [1.807, 2.05) is 0 Å². The summed E-state index contributed by atoms with van der Waals surface area (Å²) in [5.41, 5.74) is 0.506. The van der Waals surface area contributed by atoms with Crippen molar-refractivity contribution in [3.8, 4) is 11.5 Å². The Morgan fingerprint density at radius 1 is 1.22 bits per heavy atom. The van der Waals surface area contributed by atoms with Crippen LogP contribution in [0.3, 0.4) is 0 Å². The topological polar surface area (TPSA) is 77.1 Å². The van der Waals surface area contributed by atoms with E-state index in [-0.39, 0.29) is 25.6 Å². The van der Waals surface area contributed by atoms with Crippen molar-refractivity contribution in [2.45, 2.75) is 13.8 Å². The first-order valence-electron chi connectivity index (χ1n) is 7.04. The monoisotopic (exact) mass is 344 g/mol. The van der Waals surface area contributed by atoms with Crippen LogP contribution in [0.15, 0.2) is 12.1 Å². The normalized spacial score (nSPS) is 9.96. The summed E-state index contributed by atoms with van der Waals surface area (Å²) in [7, 11) is 2.97. The van der Waals surface area contributed by atoms with Gasteiger partial charge in [0.25, 0.3) is 0 Å². The van der Waals surface area contributed by atoms with Crippen molar-refractivity contribution in [1.29, 1.82) is 0 Å². The van der Waals surface area contributed by atoms with Crippen LogP contribution in [0.5, 0.6) is 11.5 Å². The number of nitrogens with one attached hydrogen (secondary N) is 1. The van der Waals surface area contributed by atoms with Crippen molar-refractivity contribution in [1.82, 2.24) is 5.32 Å². The van der Waals surface area contributed by atoms with Crippen molar-refractivity contribution in [2.75, 3.05) is 38.8 Å². The van der Waals surface area contributed by atoms with Crippen LogP contribution >= 0.6 is 11.6 Å². The third-order valence-corrected chi connectivity index (χ3v) is 3.30. The van der Waals surface area contributed by atoms with E-state index < -0.39 is 6.09 Å². The van der Waals surface area contributed by atoms with Crippen LogP contribution in [-0.4, -0.2) is 45.9 Å². The molecule has 0 aromatic heterocycles. The van der Waals surface area contributed by atoms with Crippen LogP contribution in [0, 0.1) is 0 Å². The summed E-state index contributed by atoms with van der Waals surface area (Å²) in [6.45, 7) is 3.89. The number of hydrogen-bond acceptors (Lipinski definition) is 5. The Labute approximate surface area is 140 Å². The maximum Gasteiger partial charge on any atom is 0.407 e. The van der Waals surface area contributed by atoms with Gasteiger partial charge in [-0.2, -0.15) is 0 Å². The fourth-order valence-corrected chi connectivity index (χ4v) is 2.19. The fraction of sp³-hybridized carbons (Fsp3) is 0.467. The zero-order valence-corrected chi connectivity index (χ0v) is 14.4. The van der Waals surface area contributed by atoms with E-state index in [0.717, 1.165) is 0 Å². The number of carbonyl (C=O) groups is 2. The quantitative estimate of drug-likeness (QED) is 0.822. The number of alkyl carbamates (subject to hydrolysis) is 1. The van der Waals surface area contributed by atoms with E-state index in [9.17, 15) is 9.59 Å². The molecule has 0 saturated carbocycles. The molecule has 128 valence electrons. The molecule has 0 unspecified atom stereocenters. The standard InChI is InChI=1S/C15H21ClN2O5/c1-5-23-15(20)17-6-7-18(10(2)19)12-9-13(21-3)11(16)8-14(12)22-4/h8-9H,5-7H2,1-4H3,(H,17,20). The van der Waals surface area contributed by atoms with Crippen LogP contribution in [0.25, 0.3) is 0 Å². The first-order valence-corrected chi connectivity index (χ1v) is 7.42. The predicted molar refractivity (Wildman–Crippen MR) is 87.6 cm³/mol.